The Kier molecular flexibility index (Phi) is 5.45. The lowest BCUT2D eigenvalue weighted by atomic mass is 9.99. The number of benzene rings is 1. The van der Waals surface area contributed by atoms with Gasteiger partial charge in [0.05, 0.1) is 0 Å². The van der Waals surface area contributed by atoms with Crippen LogP contribution in [0.1, 0.15) is 18.9 Å². The molecule has 1 aliphatic rings. The molecule has 0 unspecified atom stereocenters. The van der Waals surface area contributed by atoms with Crippen LogP contribution in [0.2, 0.25) is 0 Å². The van der Waals surface area contributed by atoms with Gasteiger partial charge in [0.15, 0.2) is 5.13 Å². The fraction of sp³-hybridized carbons (Fsp3) is 0.444. The van der Waals surface area contributed by atoms with E-state index in [9.17, 15) is 9.18 Å². The van der Waals surface area contributed by atoms with E-state index in [1.165, 1.54) is 12.1 Å². The summed E-state index contributed by atoms with van der Waals surface area (Å²) >= 11 is 1.63. The van der Waals surface area contributed by atoms with Crippen molar-refractivity contribution in [3.8, 4) is 0 Å². The quantitative estimate of drug-likeness (QED) is 0.852. The van der Waals surface area contributed by atoms with E-state index in [0.29, 0.717) is 13.0 Å². The third kappa shape index (κ3) is 4.12. The van der Waals surface area contributed by atoms with Crippen molar-refractivity contribution in [2.75, 3.05) is 31.1 Å². The molecule has 0 N–H and O–H groups in total. The molecule has 6 heteroatoms. The third-order valence-electron chi connectivity index (χ3n) is 4.35. The number of nitrogens with zero attached hydrogens (tertiary/aromatic N) is 3. The Morgan fingerprint density at radius 1 is 1.33 bits per heavy atom. The molecule has 0 aliphatic carbocycles. The van der Waals surface area contributed by atoms with E-state index >= 15 is 0 Å². The molecule has 1 amide bonds. The molecule has 1 aromatic heterocycles. The predicted octanol–water partition coefficient (Wildman–Crippen LogP) is 3.20. The van der Waals surface area contributed by atoms with E-state index in [4.69, 9.17) is 0 Å². The lowest BCUT2D eigenvalue weighted by Crippen LogP contribution is -2.38. The first kappa shape index (κ1) is 16.9. The Morgan fingerprint density at radius 3 is 2.96 bits per heavy atom. The SMILES string of the molecule is C[C@@H](Cc1cccc(F)c1)C(=O)N1CCCN(c2nccs2)CC1. The molecule has 0 bridgehead atoms. The average molecular weight is 347 g/mol. The molecule has 1 aliphatic heterocycles. The zero-order valence-electron chi connectivity index (χ0n) is 13.8. The molecule has 24 heavy (non-hydrogen) atoms. The number of rotatable bonds is 4. The summed E-state index contributed by atoms with van der Waals surface area (Å²) in [7, 11) is 0. The van der Waals surface area contributed by atoms with Gasteiger partial charge in [0.1, 0.15) is 5.82 Å². The van der Waals surface area contributed by atoms with Gasteiger partial charge in [0.25, 0.3) is 0 Å². The molecular formula is C18H22FN3OS. The number of aromatic nitrogens is 1. The zero-order valence-corrected chi connectivity index (χ0v) is 14.6. The van der Waals surface area contributed by atoms with Gasteiger partial charge in [-0.25, -0.2) is 9.37 Å². The van der Waals surface area contributed by atoms with Crippen molar-refractivity contribution in [2.24, 2.45) is 5.92 Å². The lowest BCUT2D eigenvalue weighted by molar-refractivity contribution is -0.134. The van der Waals surface area contributed by atoms with Gasteiger partial charge >= 0.3 is 0 Å². The normalized spacial score (nSPS) is 16.8. The van der Waals surface area contributed by atoms with Crippen molar-refractivity contribution in [1.29, 1.82) is 0 Å². The van der Waals surface area contributed by atoms with Crippen LogP contribution in [-0.2, 0) is 11.2 Å². The molecule has 2 heterocycles. The molecule has 1 saturated heterocycles. The van der Waals surface area contributed by atoms with Crippen LogP contribution in [0.4, 0.5) is 9.52 Å². The second kappa shape index (κ2) is 7.75. The summed E-state index contributed by atoms with van der Waals surface area (Å²) in [4.78, 5) is 21.3. The maximum absolute atomic E-state index is 13.3. The van der Waals surface area contributed by atoms with Gasteiger partial charge in [-0.05, 0) is 30.5 Å². The van der Waals surface area contributed by atoms with E-state index in [0.717, 1.165) is 36.8 Å². The van der Waals surface area contributed by atoms with E-state index < -0.39 is 0 Å². The molecule has 128 valence electrons. The average Bonchev–Trinajstić information content (AvgIpc) is 2.99. The van der Waals surface area contributed by atoms with Crippen molar-refractivity contribution in [2.45, 2.75) is 19.8 Å². The molecule has 3 rings (SSSR count). The van der Waals surface area contributed by atoms with Gasteiger partial charge in [-0.1, -0.05) is 19.1 Å². The highest BCUT2D eigenvalue weighted by atomic mass is 32.1. The Balaban J connectivity index is 1.58. The molecule has 1 aromatic carbocycles. The lowest BCUT2D eigenvalue weighted by Gasteiger charge is -2.24. The highest BCUT2D eigenvalue weighted by Gasteiger charge is 2.24. The highest BCUT2D eigenvalue weighted by Crippen LogP contribution is 2.20. The minimum Gasteiger partial charge on any atom is -0.346 e. The zero-order chi connectivity index (χ0) is 16.9. The standard InChI is InChI=1S/C18H22FN3OS/c1-14(12-15-4-2-5-16(19)13-15)17(23)21-7-3-8-22(10-9-21)18-20-6-11-24-18/h2,4-6,11,13-14H,3,7-10,12H2,1H3/t14-/m0/s1. The Hall–Kier alpha value is -1.95. The molecule has 1 fully saturated rings. The second-order valence-electron chi connectivity index (χ2n) is 6.22. The summed E-state index contributed by atoms with van der Waals surface area (Å²) in [6.45, 7) is 5.15. The van der Waals surface area contributed by atoms with Gasteiger partial charge in [-0.3, -0.25) is 4.79 Å². The van der Waals surface area contributed by atoms with Gasteiger partial charge in [-0.2, -0.15) is 0 Å². The molecule has 0 saturated carbocycles. The minimum absolute atomic E-state index is 0.141. The number of halogens is 1. The number of thiazole rings is 1. The first-order valence-corrected chi connectivity index (χ1v) is 9.19. The van der Waals surface area contributed by atoms with Crippen LogP contribution >= 0.6 is 11.3 Å². The van der Waals surface area contributed by atoms with Crippen LogP contribution in [0, 0.1) is 11.7 Å². The summed E-state index contributed by atoms with van der Waals surface area (Å²) in [6, 6.07) is 6.51. The van der Waals surface area contributed by atoms with Crippen LogP contribution < -0.4 is 4.90 Å². The van der Waals surface area contributed by atoms with E-state index in [2.05, 4.69) is 9.88 Å². The number of hydrogen-bond donors (Lipinski definition) is 0. The number of anilines is 1. The third-order valence-corrected chi connectivity index (χ3v) is 5.18. The number of hydrogen-bond acceptors (Lipinski definition) is 4. The van der Waals surface area contributed by atoms with Gasteiger partial charge < -0.3 is 9.80 Å². The van der Waals surface area contributed by atoms with E-state index in [-0.39, 0.29) is 17.6 Å². The van der Waals surface area contributed by atoms with Crippen LogP contribution in [0.25, 0.3) is 0 Å². The highest BCUT2D eigenvalue weighted by molar-refractivity contribution is 7.13. The van der Waals surface area contributed by atoms with Crippen molar-refractivity contribution in [3.05, 3.63) is 47.2 Å². The Bertz CT molecular complexity index is 677. The van der Waals surface area contributed by atoms with Crippen molar-refractivity contribution < 1.29 is 9.18 Å². The van der Waals surface area contributed by atoms with Crippen molar-refractivity contribution in [3.63, 3.8) is 0 Å². The summed E-state index contributed by atoms with van der Waals surface area (Å²) in [5, 5.41) is 3.00. The van der Waals surface area contributed by atoms with Crippen molar-refractivity contribution in [1.82, 2.24) is 9.88 Å². The van der Waals surface area contributed by atoms with Gasteiger partial charge in [0, 0.05) is 43.7 Å². The van der Waals surface area contributed by atoms with E-state index in [1.54, 1.807) is 17.4 Å². The second-order valence-corrected chi connectivity index (χ2v) is 7.09. The minimum atomic E-state index is -0.249. The van der Waals surface area contributed by atoms with Gasteiger partial charge in [-0.15, -0.1) is 11.3 Å². The van der Waals surface area contributed by atoms with Crippen LogP contribution in [0.3, 0.4) is 0 Å². The smallest absolute Gasteiger partial charge is 0.225 e. The number of carbonyl (C=O) groups excluding carboxylic acids is 1. The number of carbonyl (C=O) groups is 1. The van der Waals surface area contributed by atoms with Gasteiger partial charge in [0.2, 0.25) is 5.91 Å². The maximum Gasteiger partial charge on any atom is 0.225 e. The molecule has 4 nitrogen and oxygen atoms in total. The predicted molar refractivity (Wildman–Crippen MR) is 94.8 cm³/mol. The van der Waals surface area contributed by atoms with Crippen molar-refractivity contribution >= 4 is 22.4 Å². The van der Waals surface area contributed by atoms with Crippen LogP contribution in [-0.4, -0.2) is 42.0 Å². The van der Waals surface area contributed by atoms with E-state index in [1.807, 2.05) is 29.5 Å². The van der Waals surface area contributed by atoms with Crippen LogP contribution in [0.5, 0.6) is 0 Å². The summed E-state index contributed by atoms with van der Waals surface area (Å²) < 4.78 is 13.3. The molecular weight excluding hydrogens is 325 g/mol. The van der Waals surface area contributed by atoms with Crippen LogP contribution in [0.15, 0.2) is 35.8 Å². The summed E-state index contributed by atoms with van der Waals surface area (Å²) in [5.74, 6) is -0.237. The molecule has 0 radical (unpaired) electrons. The maximum atomic E-state index is 13.3. The largest absolute Gasteiger partial charge is 0.346 e. The monoisotopic (exact) mass is 347 g/mol. The Morgan fingerprint density at radius 2 is 2.21 bits per heavy atom. The first-order valence-electron chi connectivity index (χ1n) is 8.31. The molecule has 0 spiro atoms. The summed E-state index contributed by atoms with van der Waals surface area (Å²) in [6.07, 6.45) is 3.33. The molecule has 2 aromatic rings. The Labute approximate surface area is 145 Å². The first-order chi connectivity index (χ1) is 11.6. The summed E-state index contributed by atoms with van der Waals surface area (Å²) in [5.41, 5.74) is 0.870. The topological polar surface area (TPSA) is 36.4 Å². The molecule has 1 atom stereocenters. The fourth-order valence-electron chi connectivity index (χ4n) is 3.12. The fourth-order valence-corrected chi connectivity index (χ4v) is 3.81. The number of amides is 1.